The van der Waals surface area contributed by atoms with Gasteiger partial charge in [-0.2, -0.15) is 0 Å². The number of hydrogen-bond donors (Lipinski definition) is 2. The van der Waals surface area contributed by atoms with E-state index in [0.29, 0.717) is 18.0 Å². The van der Waals surface area contributed by atoms with Crippen molar-refractivity contribution >= 4 is 50.6 Å². The maximum atomic E-state index is 12.4. The molecule has 1 amide bonds. The lowest BCUT2D eigenvalue weighted by Crippen LogP contribution is -2.17. The van der Waals surface area contributed by atoms with Gasteiger partial charge in [-0.1, -0.05) is 41.4 Å². The van der Waals surface area contributed by atoms with E-state index in [-0.39, 0.29) is 5.91 Å². The van der Waals surface area contributed by atoms with Gasteiger partial charge in [0.15, 0.2) is 0 Å². The fourth-order valence-electron chi connectivity index (χ4n) is 3.52. The molecule has 0 unspecified atom stereocenters. The van der Waals surface area contributed by atoms with Gasteiger partial charge in [0.05, 0.1) is 5.39 Å². The molecule has 0 bridgehead atoms. The normalized spacial score (nSPS) is 11.0. The highest BCUT2D eigenvalue weighted by Gasteiger charge is 2.17. The molecule has 0 fully saturated rings. The molecule has 0 saturated heterocycles. The van der Waals surface area contributed by atoms with E-state index in [1.807, 2.05) is 19.1 Å². The molecule has 4 rings (SSSR count). The first-order valence-corrected chi connectivity index (χ1v) is 11.2. The van der Waals surface area contributed by atoms with Crippen molar-refractivity contribution in [3.05, 3.63) is 69.8 Å². The third-order valence-corrected chi connectivity index (χ3v) is 6.36. The first-order chi connectivity index (χ1) is 14.9. The summed E-state index contributed by atoms with van der Waals surface area (Å²) in [5.41, 5.74) is 5.21. The SMILES string of the molecule is Cc1ccc(-c2c(C)sc3ncnc(NCCC(=O)Nc4ccc(Cl)cc4C)c23)cc1. The van der Waals surface area contributed by atoms with E-state index in [2.05, 4.69) is 58.7 Å². The first kappa shape index (κ1) is 21.3. The van der Waals surface area contributed by atoms with Crippen molar-refractivity contribution in [3.63, 3.8) is 0 Å². The summed E-state index contributed by atoms with van der Waals surface area (Å²) in [5, 5.41) is 7.93. The highest BCUT2D eigenvalue weighted by atomic mass is 35.5. The van der Waals surface area contributed by atoms with E-state index in [1.54, 1.807) is 23.7 Å². The number of amides is 1. The van der Waals surface area contributed by atoms with Gasteiger partial charge in [-0.3, -0.25) is 4.79 Å². The van der Waals surface area contributed by atoms with Gasteiger partial charge in [-0.05, 0) is 50.1 Å². The number of aryl methyl sites for hydroxylation is 3. The molecule has 2 N–H and O–H groups in total. The number of carbonyl (C=O) groups is 1. The smallest absolute Gasteiger partial charge is 0.226 e. The van der Waals surface area contributed by atoms with Gasteiger partial charge >= 0.3 is 0 Å². The van der Waals surface area contributed by atoms with Crippen LogP contribution in [0.2, 0.25) is 5.02 Å². The Balaban J connectivity index is 1.51. The lowest BCUT2D eigenvalue weighted by molar-refractivity contribution is -0.115. The van der Waals surface area contributed by atoms with Crippen LogP contribution in [0.5, 0.6) is 0 Å². The molecule has 31 heavy (non-hydrogen) atoms. The second kappa shape index (κ2) is 9.04. The molecule has 2 heterocycles. The zero-order valence-electron chi connectivity index (χ0n) is 17.6. The molecule has 4 aromatic rings. The van der Waals surface area contributed by atoms with E-state index in [9.17, 15) is 4.79 Å². The minimum absolute atomic E-state index is 0.0662. The van der Waals surface area contributed by atoms with Crippen LogP contribution in [0.25, 0.3) is 21.3 Å². The van der Waals surface area contributed by atoms with Crippen molar-refractivity contribution in [2.24, 2.45) is 0 Å². The highest BCUT2D eigenvalue weighted by molar-refractivity contribution is 7.19. The van der Waals surface area contributed by atoms with Crippen molar-refractivity contribution < 1.29 is 4.79 Å². The number of nitrogens with zero attached hydrogens (tertiary/aromatic N) is 2. The molecular weight excluding hydrogens is 428 g/mol. The summed E-state index contributed by atoms with van der Waals surface area (Å²) in [6, 6.07) is 13.9. The molecule has 0 atom stereocenters. The largest absolute Gasteiger partial charge is 0.369 e. The number of benzene rings is 2. The number of aromatic nitrogens is 2. The molecule has 2 aromatic carbocycles. The van der Waals surface area contributed by atoms with Crippen LogP contribution in [0.15, 0.2) is 48.8 Å². The van der Waals surface area contributed by atoms with E-state index in [4.69, 9.17) is 11.6 Å². The molecular formula is C24H23ClN4OS. The Bertz CT molecular complexity index is 1250. The molecule has 7 heteroatoms. The van der Waals surface area contributed by atoms with Crippen LogP contribution in [0, 0.1) is 20.8 Å². The number of halogens is 1. The summed E-state index contributed by atoms with van der Waals surface area (Å²) < 4.78 is 0. The number of hydrogen-bond acceptors (Lipinski definition) is 5. The molecule has 0 aliphatic rings. The molecule has 0 radical (unpaired) electrons. The van der Waals surface area contributed by atoms with Crippen molar-refractivity contribution in [3.8, 4) is 11.1 Å². The summed E-state index contributed by atoms with van der Waals surface area (Å²) in [4.78, 5) is 23.5. The maximum Gasteiger partial charge on any atom is 0.226 e. The Morgan fingerprint density at radius 2 is 1.84 bits per heavy atom. The average Bonchev–Trinajstić information content (AvgIpc) is 3.07. The van der Waals surface area contributed by atoms with E-state index < -0.39 is 0 Å². The minimum Gasteiger partial charge on any atom is -0.369 e. The van der Waals surface area contributed by atoms with Crippen LogP contribution in [-0.4, -0.2) is 22.4 Å². The van der Waals surface area contributed by atoms with Gasteiger partial charge in [0, 0.05) is 34.1 Å². The predicted molar refractivity (Wildman–Crippen MR) is 130 cm³/mol. The monoisotopic (exact) mass is 450 g/mol. The van der Waals surface area contributed by atoms with Crippen LogP contribution in [0.3, 0.4) is 0 Å². The quantitative estimate of drug-likeness (QED) is 0.357. The van der Waals surface area contributed by atoms with E-state index in [0.717, 1.165) is 38.4 Å². The zero-order chi connectivity index (χ0) is 22.0. The second-order valence-electron chi connectivity index (χ2n) is 7.49. The fraction of sp³-hybridized carbons (Fsp3) is 0.208. The van der Waals surface area contributed by atoms with E-state index in [1.165, 1.54) is 10.4 Å². The van der Waals surface area contributed by atoms with E-state index >= 15 is 0 Å². The van der Waals surface area contributed by atoms with Crippen LogP contribution < -0.4 is 10.6 Å². The maximum absolute atomic E-state index is 12.4. The van der Waals surface area contributed by atoms with Crippen molar-refractivity contribution in [1.29, 1.82) is 0 Å². The number of carbonyl (C=O) groups excluding carboxylic acids is 1. The standard InChI is InChI=1S/C24H23ClN4OS/c1-14-4-6-17(7-5-14)21-16(3)31-24-22(21)23(27-13-28-24)26-11-10-20(30)29-19-9-8-18(25)12-15(19)2/h4-9,12-13H,10-11H2,1-3H3,(H,29,30)(H,26,27,28). The van der Waals surface area contributed by atoms with Gasteiger partial charge in [0.1, 0.15) is 17.0 Å². The van der Waals surface area contributed by atoms with Gasteiger partial charge in [0.2, 0.25) is 5.91 Å². The molecule has 0 spiro atoms. The summed E-state index contributed by atoms with van der Waals surface area (Å²) in [6.07, 6.45) is 1.88. The number of nitrogens with one attached hydrogen (secondary N) is 2. The molecule has 5 nitrogen and oxygen atoms in total. The highest BCUT2D eigenvalue weighted by Crippen LogP contribution is 2.40. The summed E-state index contributed by atoms with van der Waals surface area (Å²) in [7, 11) is 0. The third kappa shape index (κ3) is 4.70. The zero-order valence-corrected chi connectivity index (χ0v) is 19.2. The Morgan fingerprint density at radius 1 is 1.06 bits per heavy atom. The fourth-order valence-corrected chi connectivity index (χ4v) is 4.76. The second-order valence-corrected chi connectivity index (χ2v) is 9.13. The lowest BCUT2D eigenvalue weighted by Gasteiger charge is -2.11. The lowest BCUT2D eigenvalue weighted by atomic mass is 10.0. The Morgan fingerprint density at radius 3 is 2.58 bits per heavy atom. The Kier molecular flexibility index (Phi) is 6.20. The molecule has 2 aromatic heterocycles. The summed E-state index contributed by atoms with van der Waals surface area (Å²) in [6.45, 7) is 6.57. The van der Waals surface area contributed by atoms with Crippen molar-refractivity contribution in [2.45, 2.75) is 27.2 Å². The van der Waals surface area contributed by atoms with Crippen LogP contribution in [-0.2, 0) is 4.79 Å². The third-order valence-electron chi connectivity index (χ3n) is 5.11. The van der Waals surface area contributed by atoms with Gasteiger partial charge in [-0.25, -0.2) is 9.97 Å². The number of thiophene rings is 1. The van der Waals surface area contributed by atoms with Crippen molar-refractivity contribution in [1.82, 2.24) is 9.97 Å². The van der Waals surface area contributed by atoms with Gasteiger partial charge in [0.25, 0.3) is 0 Å². The summed E-state index contributed by atoms with van der Waals surface area (Å²) in [5.74, 6) is 0.684. The Hall–Kier alpha value is -2.96. The minimum atomic E-state index is -0.0662. The molecule has 0 saturated carbocycles. The van der Waals surface area contributed by atoms with Gasteiger partial charge in [-0.15, -0.1) is 11.3 Å². The molecule has 158 valence electrons. The van der Waals surface area contributed by atoms with Crippen LogP contribution >= 0.6 is 22.9 Å². The number of anilines is 2. The van der Waals surface area contributed by atoms with Gasteiger partial charge < -0.3 is 10.6 Å². The Labute approximate surface area is 190 Å². The first-order valence-electron chi connectivity index (χ1n) is 10.0. The average molecular weight is 451 g/mol. The van der Waals surface area contributed by atoms with Crippen LogP contribution in [0.4, 0.5) is 11.5 Å². The molecule has 0 aliphatic heterocycles. The molecule has 0 aliphatic carbocycles. The number of fused-ring (bicyclic) bond motifs is 1. The predicted octanol–water partition coefficient (Wildman–Crippen LogP) is 6.38. The van der Waals surface area contributed by atoms with Crippen LogP contribution in [0.1, 0.15) is 22.4 Å². The van der Waals surface area contributed by atoms with Crippen molar-refractivity contribution in [2.75, 3.05) is 17.2 Å². The summed E-state index contributed by atoms with van der Waals surface area (Å²) >= 11 is 7.64. The number of rotatable bonds is 6. The topological polar surface area (TPSA) is 66.9 Å².